The topological polar surface area (TPSA) is 106 Å². The molecular formula is C20H26N2O5S. The predicted octanol–water partition coefficient (Wildman–Crippen LogP) is 3.20. The zero-order chi connectivity index (χ0) is 20.2. The number of rotatable bonds is 4. The molecule has 28 heavy (non-hydrogen) atoms. The predicted molar refractivity (Wildman–Crippen MR) is 103 cm³/mol. The lowest BCUT2D eigenvalue weighted by molar-refractivity contribution is -0.149. The average molecular weight is 407 g/mol. The van der Waals surface area contributed by atoms with Crippen molar-refractivity contribution in [2.45, 2.75) is 64.9 Å². The quantitative estimate of drug-likeness (QED) is 0.744. The van der Waals surface area contributed by atoms with Gasteiger partial charge < -0.3 is 15.2 Å². The van der Waals surface area contributed by atoms with Gasteiger partial charge in [-0.05, 0) is 24.7 Å². The summed E-state index contributed by atoms with van der Waals surface area (Å²) in [6.07, 6.45) is 2.62. The van der Waals surface area contributed by atoms with Gasteiger partial charge in [-0.2, -0.15) is 0 Å². The van der Waals surface area contributed by atoms with Gasteiger partial charge in [0.2, 0.25) is 5.91 Å². The monoisotopic (exact) mass is 406 g/mol. The average Bonchev–Trinajstić information content (AvgIpc) is 3.13. The molecule has 0 spiro atoms. The molecule has 1 aliphatic heterocycles. The van der Waals surface area contributed by atoms with Crippen molar-refractivity contribution in [3.8, 4) is 0 Å². The maximum atomic E-state index is 12.2. The van der Waals surface area contributed by atoms with E-state index in [9.17, 15) is 14.4 Å². The molecule has 1 aromatic rings. The first-order valence-corrected chi connectivity index (χ1v) is 10.7. The van der Waals surface area contributed by atoms with Crippen molar-refractivity contribution in [1.29, 1.82) is 0 Å². The van der Waals surface area contributed by atoms with E-state index in [2.05, 4.69) is 24.1 Å². The first-order valence-electron chi connectivity index (χ1n) is 9.91. The van der Waals surface area contributed by atoms with Crippen LogP contribution < -0.4 is 5.32 Å². The Labute approximate surface area is 167 Å². The number of fused-ring (bicyclic) bond motifs is 4. The zero-order valence-corrected chi connectivity index (χ0v) is 17.2. The summed E-state index contributed by atoms with van der Waals surface area (Å²) < 4.78 is 5.83. The molecule has 0 bridgehead atoms. The number of carbonyl (C=O) groups excluding carboxylic acids is 2. The Balaban J connectivity index is 1.57. The van der Waals surface area contributed by atoms with E-state index >= 15 is 0 Å². The molecule has 1 aromatic heterocycles. The molecule has 2 fully saturated rings. The van der Waals surface area contributed by atoms with Crippen molar-refractivity contribution >= 4 is 34.3 Å². The summed E-state index contributed by atoms with van der Waals surface area (Å²) in [5.41, 5.74) is 1.03. The molecule has 8 heteroatoms. The van der Waals surface area contributed by atoms with Crippen molar-refractivity contribution in [2.75, 3.05) is 5.32 Å². The van der Waals surface area contributed by atoms with Crippen molar-refractivity contribution in [3.05, 3.63) is 10.6 Å². The van der Waals surface area contributed by atoms with Gasteiger partial charge in [0.15, 0.2) is 5.13 Å². The zero-order valence-electron chi connectivity index (χ0n) is 16.4. The number of anilines is 1. The molecule has 0 radical (unpaired) electrons. The number of nitrogens with one attached hydrogen (secondary N) is 1. The highest BCUT2D eigenvalue weighted by Crippen LogP contribution is 2.59. The van der Waals surface area contributed by atoms with E-state index in [1.54, 1.807) is 0 Å². The van der Waals surface area contributed by atoms with Crippen molar-refractivity contribution in [1.82, 2.24) is 4.98 Å². The van der Waals surface area contributed by atoms with Crippen LogP contribution in [0.1, 0.15) is 62.9 Å². The Morgan fingerprint density at radius 2 is 2.07 bits per heavy atom. The van der Waals surface area contributed by atoms with Gasteiger partial charge in [-0.3, -0.25) is 14.4 Å². The normalized spacial score (nSPS) is 36.1. The second kappa shape index (κ2) is 6.83. The Hall–Kier alpha value is -1.96. The largest absolute Gasteiger partial charge is 0.481 e. The highest BCUT2D eigenvalue weighted by molar-refractivity contribution is 7.15. The van der Waals surface area contributed by atoms with Crippen LogP contribution in [-0.4, -0.2) is 34.0 Å². The van der Waals surface area contributed by atoms with Gasteiger partial charge in [0.1, 0.15) is 6.10 Å². The molecule has 7 nitrogen and oxygen atoms in total. The van der Waals surface area contributed by atoms with Crippen LogP contribution >= 0.6 is 11.3 Å². The van der Waals surface area contributed by atoms with Gasteiger partial charge >= 0.3 is 11.9 Å². The van der Waals surface area contributed by atoms with Crippen LogP contribution in [-0.2, 0) is 25.5 Å². The Kier molecular flexibility index (Phi) is 4.72. The van der Waals surface area contributed by atoms with E-state index in [0.29, 0.717) is 5.13 Å². The van der Waals surface area contributed by atoms with E-state index in [1.165, 1.54) is 16.2 Å². The standard InChI is InChI=1S/C20H26N2O5S/c1-9-11-6-7-20(3)8-12-16(10(2)15(20)17(11)27-18(9)26)22-19(28-12)21-13(23)4-5-14(24)25/h9-11,15,17H,4-8H2,1-3H3,(H,24,25)(H,21,22,23)/t9-,10-,11-,15+,17-,20+/m0/s1. The second-order valence-electron chi connectivity index (χ2n) is 8.81. The summed E-state index contributed by atoms with van der Waals surface area (Å²) in [6.45, 7) is 6.41. The number of carboxylic acids is 1. The molecule has 1 saturated carbocycles. The summed E-state index contributed by atoms with van der Waals surface area (Å²) in [4.78, 5) is 40.7. The Morgan fingerprint density at radius 1 is 1.32 bits per heavy atom. The molecule has 1 saturated heterocycles. The molecule has 2 heterocycles. The number of thiazole rings is 1. The Bertz CT molecular complexity index is 837. The molecule has 1 amide bonds. The molecule has 2 aliphatic carbocycles. The van der Waals surface area contributed by atoms with Gasteiger partial charge in [-0.1, -0.05) is 20.8 Å². The summed E-state index contributed by atoms with van der Waals surface area (Å²) in [6, 6.07) is 0. The van der Waals surface area contributed by atoms with Crippen LogP contribution in [0.5, 0.6) is 0 Å². The van der Waals surface area contributed by atoms with Gasteiger partial charge in [0.05, 0.1) is 18.0 Å². The number of hydrogen-bond donors (Lipinski definition) is 2. The lowest BCUT2D eigenvalue weighted by atomic mass is 9.54. The van der Waals surface area contributed by atoms with Crippen molar-refractivity contribution < 1.29 is 24.2 Å². The van der Waals surface area contributed by atoms with Crippen molar-refractivity contribution in [3.63, 3.8) is 0 Å². The first-order chi connectivity index (χ1) is 13.2. The lowest BCUT2D eigenvalue weighted by Gasteiger charge is -2.51. The summed E-state index contributed by atoms with van der Waals surface area (Å²) in [7, 11) is 0. The minimum absolute atomic E-state index is 0.0392. The SMILES string of the molecule is C[C@@H]1C(=O)O[C@H]2[C@H]1CC[C@]1(C)Cc3sc(NC(=O)CCC(=O)O)nc3[C@@H](C)[C@H]21. The lowest BCUT2D eigenvalue weighted by Crippen LogP contribution is -2.50. The van der Waals surface area contributed by atoms with E-state index in [-0.39, 0.29) is 59.9 Å². The molecule has 2 N–H and O–H groups in total. The summed E-state index contributed by atoms with van der Waals surface area (Å²) >= 11 is 1.48. The molecule has 4 rings (SSSR count). The first kappa shape index (κ1) is 19.4. The maximum absolute atomic E-state index is 12.2. The maximum Gasteiger partial charge on any atom is 0.309 e. The number of nitrogens with zero attached hydrogens (tertiary/aromatic N) is 1. The van der Waals surface area contributed by atoms with E-state index in [0.717, 1.165) is 25.0 Å². The third-order valence-electron chi connectivity index (χ3n) is 6.97. The molecule has 152 valence electrons. The fourth-order valence-corrected chi connectivity index (χ4v) is 6.81. The summed E-state index contributed by atoms with van der Waals surface area (Å²) in [5.74, 6) is -0.795. The number of aliphatic carboxylic acids is 1. The van der Waals surface area contributed by atoms with Crippen LogP contribution in [0.4, 0.5) is 5.13 Å². The van der Waals surface area contributed by atoms with Crippen LogP contribution in [0.3, 0.4) is 0 Å². The third kappa shape index (κ3) is 3.11. The van der Waals surface area contributed by atoms with E-state index in [1.807, 2.05) is 6.92 Å². The number of ether oxygens (including phenoxy) is 1. The minimum Gasteiger partial charge on any atom is -0.481 e. The number of esters is 1. The number of carbonyl (C=O) groups is 3. The smallest absolute Gasteiger partial charge is 0.309 e. The van der Waals surface area contributed by atoms with Crippen LogP contribution in [0.2, 0.25) is 0 Å². The molecule has 0 unspecified atom stereocenters. The van der Waals surface area contributed by atoms with Gasteiger partial charge in [-0.25, -0.2) is 4.98 Å². The van der Waals surface area contributed by atoms with Gasteiger partial charge in [-0.15, -0.1) is 11.3 Å². The fourth-order valence-electron chi connectivity index (χ4n) is 5.53. The second-order valence-corrected chi connectivity index (χ2v) is 9.89. The fraction of sp³-hybridized carbons (Fsp3) is 0.700. The van der Waals surface area contributed by atoms with Gasteiger partial charge in [0.25, 0.3) is 0 Å². The highest BCUT2D eigenvalue weighted by Gasteiger charge is 2.58. The number of carboxylic acid groups (broad SMARTS) is 1. The van der Waals surface area contributed by atoms with Gasteiger partial charge in [0, 0.05) is 29.1 Å². The summed E-state index contributed by atoms with van der Waals surface area (Å²) in [5, 5.41) is 12.0. The Morgan fingerprint density at radius 3 is 2.79 bits per heavy atom. The minimum atomic E-state index is -0.992. The highest BCUT2D eigenvalue weighted by atomic mass is 32.1. The van der Waals surface area contributed by atoms with Crippen LogP contribution in [0.25, 0.3) is 0 Å². The van der Waals surface area contributed by atoms with E-state index < -0.39 is 5.97 Å². The third-order valence-corrected chi connectivity index (χ3v) is 7.96. The van der Waals surface area contributed by atoms with Crippen molar-refractivity contribution in [2.24, 2.45) is 23.2 Å². The molecule has 3 aliphatic rings. The number of hydrogen-bond acceptors (Lipinski definition) is 6. The number of amides is 1. The number of aromatic nitrogens is 1. The van der Waals surface area contributed by atoms with E-state index in [4.69, 9.17) is 9.84 Å². The van der Waals surface area contributed by atoms with Crippen LogP contribution in [0.15, 0.2) is 0 Å². The molecule has 0 aromatic carbocycles. The molecule has 6 atom stereocenters. The molecular weight excluding hydrogens is 380 g/mol. The van der Waals surface area contributed by atoms with Crippen LogP contribution in [0, 0.1) is 23.2 Å².